The van der Waals surface area contributed by atoms with Crippen LogP contribution < -0.4 is 37.9 Å². The molecule has 6 aromatic rings. The number of methoxy groups -OCH3 is 8. The van der Waals surface area contributed by atoms with Crippen LogP contribution in [0.5, 0.6) is 46.0 Å². The Hall–Kier alpha value is -8.71. The summed E-state index contributed by atoms with van der Waals surface area (Å²) < 4.78 is 76.8. The number of hydrogen-bond donors (Lipinski definition) is 0. The second-order valence-corrected chi connectivity index (χ2v) is 16.1. The van der Waals surface area contributed by atoms with Gasteiger partial charge in [0.2, 0.25) is 9.84 Å². The van der Waals surface area contributed by atoms with Gasteiger partial charge in [-0.25, -0.2) is 18.4 Å². The molecule has 0 aliphatic rings. The monoisotopic (exact) mass is 958 g/mol. The highest BCUT2D eigenvalue weighted by molar-refractivity contribution is 8.20. The molecule has 0 unspecified atom stereocenters. The van der Waals surface area contributed by atoms with E-state index in [4.69, 9.17) is 47.9 Å². The predicted octanol–water partition coefficient (Wildman–Crippen LogP) is 10.2. The van der Waals surface area contributed by atoms with Gasteiger partial charge in [0.1, 0.15) is 46.0 Å². The summed E-state index contributed by atoms with van der Waals surface area (Å²) in [5, 5.41) is 22.3. The van der Waals surface area contributed by atoms with Crippen molar-refractivity contribution in [2.24, 2.45) is 9.98 Å². The van der Waals surface area contributed by atoms with Gasteiger partial charge in [-0.3, -0.25) is 20.2 Å². The van der Waals surface area contributed by atoms with Crippen molar-refractivity contribution in [2.45, 2.75) is 0 Å². The molecule has 0 saturated heterocycles. The van der Waals surface area contributed by atoms with E-state index in [0.717, 1.165) is 0 Å². The van der Waals surface area contributed by atoms with Crippen LogP contribution in [-0.2, 0) is 9.84 Å². The van der Waals surface area contributed by atoms with E-state index < -0.39 is 29.8 Å². The molecule has 6 rings (SSSR count). The Kier molecular flexibility index (Phi) is 16.0. The van der Waals surface area contributed by atoms with Crippen LogP contribution in [0.15, 0.2) is 119 Å². The Balaban J connectivity index is 1.69. The molecule has 0 aromatic heterocycles. The third kappa shape index (κ3) is 11.3. The summed E-state index contributed by atoms with van der Waals surface area (Å²) in [6.45, 7) is 0. The summed E-state index contributed by atoms with van der Waals surface area (Å²) in [6, 6.07) is 25.9. The van der Waals surface area contributed by atoms with E-state index >= 15 is 8.42 Å². The molecule has 0 aliphatic heterocycles. The van der Waals surface area contributed by atoms with Gasteiger partial charge in [-0.1, -0.05) is 12.2 Å². The minimum Gasteiger partial charge on any atom is -0.497 e. The summed E-state index contributed by atoms with van der Waals surface area (Å²) in [6.07, 6.45) is 6.56. The topological polar surface area (TPSA) is 219 Å². The van der Waals surface area contributed by atoms with Crippen LogP contribution >= 0.6 is 0 Å². The molecule has 69 heavy (non-hydrogen) atoms. The van der Waals surface area contributed by atoms with Crippen LogP contribution in [0.1, 0.15) is 33.4 Å². The standard InChI is InChI=1S/C50H46N4O14S/c1-61-37-19-23-41(31(25-37)9-21-43-45(65-5)27-39(63-3)28-46(43)66-6)49(51-33-11-15-35(16-12-33)53(55)56)69(59,60)50(52-34-13-17-36(18-14-34)54(57)58)42-24-20-38(62-2)26-32(42)10-22-44-47(67-7)29-40(64-4)30-48(44)68-8/h9-30H,1-8H3. The molecular formula is C50H46N4O14S. The Labute approximate surface area is 397 Å². The van der Waals surface area contributed by atoms with Gasteiger partial charge in [0, 0.05) is 59.7 Å². The summed E-state index contributed by atoms with van der Waals surface area (Å²) in [7, 11) is 6.81. The number of aliphatic imine (C=N–C) groups is 2. The number of hydrogen-bond acceptors (Lipinski definition) is 16. The van der Waals surface area contributed by atoms with Crippen molar-refractivity contribution in [1.82, 2.24) is 0 Å². The highest BCUT2D eigenvalue weighted by atomic mass is 32.2. The quantitative estimate of drug-likeness (QED) is 0.0257. The lowest BCUT2D eigenvalue weighted by Crippen LogP contribution is -2.27. The van der Waals surface area contributed by atoms with Gasteiger partial charge < -0.3 is 37.9 Å². The molecular weight excluding hydrogens is 913 g/mol. The van der Waals surface area contributed by atoms with Crippen LogP contribution in [0.2, 0.25) is 0 Å². The molecule has 356 valence electrons. The van der Waals surface area contributed by atoms with Gasteiger partial charge in [-0.05, 0) is 83.9 Å². The molecule has 6 aromatic carbocycles. The zero-order valence-corrected chi connectivity index (χ0v) is 39.4. The molecule has 0 spiro atoms. The molecule has 19 heteroatoms. The van der Waals surface area contributed by atoms with Crippen LogP contribution in [0.25, 0.3) is 24.3 Å². The van der Waals surface area contributed by atoms with E-state index in [1.165, 1.54) is 118 Å². The average Bonchev–Trinajstić information content (AvgIpc) is 3.37. The van der Waals surface area contributed by atoms with Crippen LogP contribution in [0, 0.1) is 20.2 Å². The Morgan fingerprint density at radius 2 is 0.754 bits per heavy atom. The van der Waals surface area contributed by atoms with Crippen LogP contribution in [0.4, 0.5) is 22.7 Å². The van der Waals surface area contributed by atoms with Crippen molar-refractivity contribution in [3.8, 4) is 46.0 Å². The molecule has 0 amide bonds. The number of nitrogens with zero attached hydrogens (tertiary/aromatic N) is 4. The number of ether oxygens (including phenoxy) is 8. The zero-order valence-electron chi connectivity index (χ0n) is 38.6. The summed E-state index contributed by atoms with van der Waals surface area (Å²) in [5.41, 5.74) is 1.17. The fraction of sp³-hybridized carbons (Fsp3) is 0.160. The van der Waals surface area contributed by atoms with Gasteiger partial charge in [-0.2, -0.15) is 0 Å². The fourth-order valence-electron chi connectivity index (χ4n) is 6.89. The predicted molar refractivity (Wildman–Crippen MR) is 264 cm³/mol. The first-order valence-electron chi connectivity index (χ1n) is 20.5. The van der Waals surface area contributed by atoms with Gasteiger partial charge in [0.25, 0.3) is 11.4 Å². The Morgan fingerprint density at radius 3 is 1.03 bits per heavy atom. The molecule has 0 fully saturated rings. The Bertz CT molecular complexity index is 2860. The molecule has 0 saturated carbocycles. The SMILES string of the molecule is COc1ccc(C(=Nc2ccc([N+](=O)[O-])cc2)S(=O)(=O)C(=Nc2ccc([N+](=O)[O-])cc2)c2ccc(OC)cc2C=Cc2c(OC)cc(OC)cc2OC)c(C=Cc2c(OC)cc(OC)cc2OC)c1. The number of nitro benzene ring substituents is 2. The van der Waals surface area contributed by atoms with Crippen LogP contribution in [0.3, 0.4) is 0 Å². The maximum atomic E-state index is 16.0. The molecule has 0 bridgehead atoms. The van der Waals surface area contributed by atoms with Gasteiger partial charge in [-0.15, -0.1) is 0 Å². The van der Waals surface area contributed by atoms with E-state index in [1.807, 2.05) is 0 Å². The highest BCUT2D eigenvalue weighted by Gasteiger charge is 2.33. The smallest absolute Gasteiger partial charge is 0.269 e. The maximum Gasteiger partial charge on any atom is 0.269 e. The third-order valence-corrected chi connectivity index (χ3v) is 12.1. The first-order chi connectivity index (χ1) is 33.2. The Morgan fingerprint density at radius 1 is 0.435 bits per heavy atom. The van der Waals surface area contributed by atoms with E-state index in [9.17, 15) is 20.2 Å². The van der Waals surface area contributed by atoms with Crippen molar-refractivity contribution in [3.05, 3.63) is 163 Å². The maximum absolute atomic E-state index is 16.0. The van der Waals surface area contributed by atoms with E-state index in [0.29, 0.717) is 57.1 Å². The van der Waals surface area contributed by atoms with Crippen molar-refractivity contribution in [2.75, 3.05) is 56.9 Å². The second-order valence-electron chi connectivity index (χ2n) is 14.3. The minimum atomic E-state index is -4.99. The summed E-state index contributed by atoms with van der Waals surface area (Å²) in [5.74, 6) is 3.13. The molecule has 0 radical (unpaired) electrons. The van der Waals surface area contributed by atoms with E-state index in [2.05, 4.69) is 0 Å². The molecule has 0 aliphatic carbocycles. The first-order valence-corrected chi connectivity index (χ1v) is 21.9. The number of benzene rings is 6. The lowest BCUT2D eigenvalue weighted by molar-refractivity contribution is -0.385. The van der Waals surface area contributed by atoms with Gasteiger partial charge >= 0.3 is 0 Å². The normalized spacial score (nSPS) is 11.9. The molecule has 18 nitrogen and oxygen atoms in total. The molecule has 0 heterocycles. The van der Waals surface area contributed by atoms with Crippen LogP contribution in [-0.4, -0.2) is 85.2 Å². The number of nitro groups is 2. The van der Waals surface area contributed by atoms with Crippen molar-refractivity contribution < 1.29 is 56.2 Å². The number of sulfone groups is 1. The first kappa shape index (κ1) is 49.7. The van der Waals surface area contributed by atoms with Crippen molar-refractivity contribution in [3.63, 3.8) is 0 Å². The van der Waals surface area contributed by atoms with Gasteiger partial charge in [0.15, 0.2) is 10.1 Å². The third-order valence-electron chi connectivity index (χ3n) is 10.4. The largest absolute Gasteiger partial charge is 0.497 e. The zero-order chi connectivity index (χ0) is 49.8. The van der Waals surface area contributed by atoms with Crippen molar-refractivity contribution >= 4 is 67.0 Å². The second kappa shape index (κ2) is 22.2. The van der Waals surface area contributed by atoms with Gasteiger partial charge in [0.05, 0.1) is 89.2 Å². The lowest BCUT2D eigenvalue weighted by Gasteiger charge is -2.17. The van der Waals surface area contributed by atoms with Crippen molar-refractivity contribution in [1.29, 1.82) is 0 Å². The number of non-ortho nitro benzene ring substituents is 2. The average molecular weight is 959 g/mol. The summed E-state index contributed by atoms with van der Waals surface area (Å²) >= 11 is 0. The lowest BCUT2D eigenvalue weighted by atomic mass is 10.0. The summed E-state index contributed by atoms with van der Waals surface area (Å²) in [4.78, 5) is 31.6. The fourth-order valence-corrected chi connectivity index (χ4v) is 8.48. The van der Waals surface area contributed by atoms with E-state index in [-0.39, 0.29) is 45.0 Å². The molecule has 0 N–H and O–H groups in total. The molecule has 0 atom stereocenters. The van der Waals surface area contributed by atoms with E-state index in [1.54, 1.807) is 72.8 Å². The minimum absolute atomic E-state index is 0.0339. The highest BCUT2D eigenvalue weighted by Crippen LogP contribution is 2.39. The number of rotatable bonds is 18.